The summed E-state index contributed by atoms with van der Waals surface area (Å²) in [6.07, 6.45) is 8.18. The van der Waals surface area contributed by atoms with Crippen LogP contribution in [0.1, 0.15) is 41.0 Å². The van der Waals surface area contributed by atoms with Gasteiger partial charge < -0.3 is 20.1 Å². The van der Waals surface area contributed by atoms with Crippen molar-refractivity contribution in [2.75, 3.05) is 26.4 Å². The molecule has 0 heterocycles. The van der Waals surface area contributed by atoms with E-state index in [4.69, 9.17) is 4.74 Å². The molecule has 2 atom stereocenters. The van der Waals surface area contributed by atoms with Gasteiger partial charge >= 0.3 is 5.97 Å². The second-order valence-corrected chi connectivity index (χ2v) is 8.76. The fourth-order valence-corrected chi connectivity index (χ4v) is 4.65. The number of benzene rings is 2. The lowest BCUT2D eigenvalue weighted by Gasteiger charge is -2.39. The molecule has 0 radical (unpaired) electrons. The molecule has 2 aliphatic carbocycles. The molecule has 31 heavy (non-hydrogen) atoms. The quantitative estimate of drug-likeness (QED) is 0.571. The van der Waals surface area contributed by atoms with Gasteiger partial charge in [0.1, 0.15) is 6.61 Å². The molecule has 0 fully saturated rings. The summed E-state index contributed by atoms with van der Waals surface area (Å²) in [7, 11) is 0. The molecule has 4 rings (SSSR count). The lowest BCUT2D eigenvalue weighted by atomic mass is 9.64. The molecule has 0 aliphatic heterocycles. The largest absolute Gasteiger partial charge is 0.464 e. The summed E-state index contributed by atoms with van der Waals surface area (Å²) >= 11 is 0. The maximum absolute atomic E-state index is 13.7. The summed E-state index contributed by atoms with van der Waals surface area (Å²) < 4.78 is 5.71. The molecule has 0 bridgehead atoms. The van der Waals surface area contributed by atoms with Crippen molar-refractivity contribution in [3.8, 4) is 0 Å². The van der Waals surface area contributed by atoms with Gasteiger partial charge in [-0.1, -0.05) is 72.8 Å². The van der Waals surface area contributed by atoms with E-state index in [1.807, 2.05) is 67.6 Å². The third-order valence-corrected chi connectivity index (χ3v) is 6.85. The van der Waals surface area contributed by atoms with E-state index < -0.39 is 36.6 Å². The first kappa shape index (κ1) is 21.5. The van der Waals surface area contributed by atoms with Gasteiger partial charge in [0.05, 0.1) is 30.7 Å². The Bertz CT molecular complexity index is 948. The predicted octanol–water partition coefficient (Wildman–Crippen LogP) is 3.12. The van der Waals surface area contributed by atoms with Crippen LogP contribution >= 0.6 is 0 Å². The highest BCUT2D eigenvalue weighted by atomic mass is 16.5. The molecule has 2 aliphatic rings. The van der Waals surface area contributed by atoms with Crippen molar-refractivity contribution >= 4 is 18.1 Å². The van der Waals surface area contributed by atoms with Crippen molar-refractivity contribution in [1.82, 2.24) is 0 Å². The van der Waals surface area contributed by atoms with Gasteiger partial charge in [-0.25, -0.2) is 0 Å². The van der Waals surface area contributed by atoms with E-state index >= 15 is 0 Å². The van der Waals surface area contributed by atoms with Crippen molar-refractivity contribution in [2.24, 2.45) is 10.8 Å². The number of hydrogen-bond acceptors (Lipinski definition) is 5. The van der Waals surface area contributed by atoms with Crippen molar-refractivity contribution in [3.63, 3.8) is 0 Å². The lowest BCUT2D eigenvalue weighted by molar-refractivity contribution is -0.164. The molecule has 3 N–H and O–H groups in total. The van der Waals surface area contributed by atoms with E-state index in [0.717, 1.165) is 22.3 Å². The molecule has 2 aromatic carbocycles. The highest BCUT2D eigenvalue weighted by Gasteiger charge is 2.51. The molecule has 0 spiro atoms. The summed E-state index contributed by atoms with van der Waals surface area (Å²) in [5, 5.41) is 28.9. The number of carbonyl (C=O) groups excluding carboxylic acids is 1. The van der Waals surface area contributed by atoms with E-state index in [9.17, 15) is 20.1 Å². The van der Waals surface area contributed by atoms with Gasteiger partial charge in [-0.05, 0) is 29.2 Å². The summed E-state index contributed by atoms with van der Waals surface area (Å²) in [6, 6.07) is 16.0. The van der Waals surface area contributed by atoms with Gasteiger partial charge in [0.25, 0.3) is 0 Å². The van der Waals surface area contributed by atoms with Crippen LogP contribution in [0.4, 0.5) is 0 Å². The van der Waals surface area contributed by atoms with Gasteiger partial charge in [-0.3, -0.25) is 4.79 Å². The molecule has 2 unspecified atom stereocenters. The first-order valence-electron chi connectivity index (χ1n) is 10.5. The van der Waals surface area contributed by atoms with Gasteiger partial charge in [0.2, 0.25) is 0 Å². The average Bonchev–Trinajstić information content (AvgIpc) is 3.45. The van der Waals surface area contributed by atoms with E-state index in [2.05, 4.69) is 12.2 Å². The van der Waals surface area contributed by atoms with Gasteiger partial charge in [0, 0.05) is 11.8 Å². The number of fused-ring (bicyclic) bond motifs is 2. The molecular formula is C26H28O5. The Balaban J connectivity index is 1.73. The van der Waals surface area contributed by atoms with Crippen LogP contribution in [-0.4, -0.2) is 47.7 Å². The molecule has 0 saturated heterocycles. The first-order valence-corrected chi connectivity index (χ1v) is 10.5. The van der Waals surface area contributed by atoms with Crippen LogP contribution in [0.25, 0.3) is 12.2 Å². The summed E-state index contributed by atoms with van der Waals surface area (Å²) in [4.78, 5) is 13.7. The van der Waals surface area contributed by atoms with Crippen molar-refractivity contribution in [3.05, 3.63) is 82.9 Å². The fraction of sp³-hybridized carbons (Fsp3) is 0.346. The highest BCUT2D eigenvalue weighted by Crippen LogP contribution is 2.54. The number of ether oxygens (including phenoxy) is 1. The number of aliphatic hydroxyl groups is 3. The highest BCUT2D eigenvalue weighted by molar-refractivity contribution is 5.84. The third kappa shape index (κ3) is 3.53. The molecule has 5 heteroatoms. The monoisotopic (exact) mass is 420 g/mol. The van der Waals surface area contributed by atoms with Crippen LogP contribution in [0.3, 0.4) is 0 Å². The lowest BCUT2D eigenvalue weighted by Crippen LogP contribution is -2.44. The van der Waals surface area contributed by atoms with Gasteiger partial charge in [-0.15, -0.1) is 0 Å². The first-order chi connectivity index (χ1) is 15.0. The zero-order valence-electron chi connectivity index (χ0n) is 17.6. The van der Waals surface area contributed by atoms with Crippen LogP contribution in [0.15, 0.2) is 60.7 Å². The molecule has 5 nitrogen and oxygen atoms in total. The minimum atomic E-state index is -1.27. The minimum absolute atomic E-state index is 0.205. The van der Waals surface area contributed by atoms with E-state index in [-0.39, 0.29) is 18.4 Å². The van der Waals surface area contributed by atoms with Crippen LogP contribution in [0, 0.1) is 10.8 Å². The second-order valence-electron chi connectivity index (χ2n) is 8.76. The number of aliphatic hydroxyl groups excluding tert-OH is 3. The standard InChI is InChI=1S/C26H28O5/c1-25(22-12-10-18-6-2-4-8-20(18)22,23-13-11-19-7-3-5-9-21(19)23)24(30)31-17-26(14-27,15-28)16-29/h2-13,22-23,27-29H,14-17H2,1H3. The van der Waals surface area contributed by atoms with Gasteiger partial charge in [0.15, 0.2) is 0 Å². The predicted molar refractivity (Wildman–Crippen MR) is 119 cm³/mol. The van der Waals surface area contributed by atoms with Gasteiger partial charge in [-0.2, -0.15) is 0 Å². The van der Waals surface area contributed by atoms with Crippen molar-refractivity contribution < 1.29 is 24.9 Å². The Hall–Kier alpha value is -2.73. The Morgan fingerprint density at radius 3 is 1.74 bits per heavy atom. The van der Waals surface area contributed by atoms with Crippen LogP contribution in [-0.2, 0) is 9.53 Å². The molecule has 0 amide bonds. The number of hydrogen-bond donors (Lipinski definition) is 3. The van der Waals surface area contributed by atoms with Crippen molar-refractivity contribution in [2.45, 2.75) is 18.8 Å². The maximum atomic E-state index is 13.7. The number of carbonyl (C=O) groups is 1. The summed E-state index contributed by atoms with van der Waals surface area (Å²) in [5.74, 6) is -0.836. The minimum Gasteiger partial charge on any atom is -0.464 e. The zero-order valence-corrected chi connectivity index (χ0v) is 17.6. The van der Waals surface area contributed by atoms with Crippen LogP contribution < -0.4 is 0 Å². The normalized spacial score (nSPS) is 20.9. The Labute approximate surface area is 182 Å². The summed E-state index contributed by atoms with van der Waals surface area (Å²) in [6.45, 7) is 0.204. The van der Waals surface area contributed by atoms with Crippen LogP contribution in [0.5, 0.6) is 0 Å². The molecule has 0 saturated carbocycles. The number of rotatable bonds is 8. The maximum Gasteiger partial charge on any atom is 0.313 e. The fourth-order valence-electron chi connectivity index (χ4n) is 4.65. The van der Waals surface area contributed by atoms with E-state index in [0.29, 0.717) is 0 Å². The molecule has 2 aromatic rings. The molecular weight excluding hydrogens is 392 g/mol. The van der Waals surface area contributed by atoms with E-state index in [1.165, 1.54) is 0 Å². The molecule has 162 valence electrons. The Morgan fingerprint density at radius 2 is 1.29 bits per heavy atom. The van der Waals surface area contributed by atoms with Crippen molar-refractivity contribution in [1.29, 1.82) is 0 Å². The second kappa shape index (κ2) is 8.42. The van der Waals surface area contributed by atoms with Crippen LogP contribution in [0.2, 0.25) is 0 Å². The average molecular weight is 421 g/mol. The Morgan fingerprint density at radius 1 is 0.839 bits per heavy atom. The third-order valence-electron chi connectivity index (χ3n) is 6.85. The number of allylic oxidation sites excluding steroid dienone is 2. The SMILES string of the molecule is CC(C(=O)OCC(CO)(CO)CO)(C1C=Cc2ccccc21)C1C=Cc2ccccc21. The smallest absolute Gasteiger partial charge is 0.313 e. The molecule has 0 aromatic heterocycles. The topological polar surface area (TPSA) is 87.0 Å². The summed E-state index contributed by atoms with van der Waals surface area (Å²) in [5.41, 5.74) is 2.06. The number of esters is 1. The zero-order chi connectivity index (χ0) is 22.1. The Kier molecular flexibility index (Phi) is 5.84. The van der Waals surface area contributed by atoms with E-state index in [1.54, 1.807) is 0 Å².